The van der Waals surface area contributed by atoms with Gasteiger partial charge in [-0.05, 0) is 71.7 Å². The van der Waals surface area contributed by atoms with Crippen LogP contribution in [0, 0.1) is 6.92 Å². The van der Waals surface area contributed by atoms with E-state index in [0.717, 1.165) is 43.9 Å². The zero-order valence-electron chi connectivity index (χ0n) is 27.6. The van der Waals surface area contributed by atoms with Crippen LogP contribution in [-0.2, 0) is 31.6 Å². The van der Waals surface area contributed by atoms with Crippen LogP contribution in [0.5, 0.6) is 11.5 Å². The van der Waals surface area contributed by atoms with Gasteiger partial charge in [0.2, 0.25) is 5.91 Å². The second-order valence-electron chi connectivity index (χ2n) is 12.2. The maximum atomic E-state index is 13.2. The first-order valence-electron chi connectivity index (χ1n) is 16.1. The highest BCUT2D eigenvalue weighted by Gasteiger charge is 2.56. The number of carbonyl (C=O) groups is 3. The molecule has 0 aromatic heterocycles. The summed E-state index contributed by atoms with van der Waals surface area (Å²) in [5.74, 6) is -0.899. The van der Waals surface area contributed by atoms with Gasteiger partial charge in [-0.1, -0.05) is 42.5 Å². The lowest BCUT2D eigenvalue weighted by molar-refractivity contribution is -0.150. The molecule has 1 saturated heterocycles. The Morgan fingerprint density at radius 2 is 1.76 bits per heavy atom. The van der Waals surface area contributed by atoms with Crippen molar-refractivity contribution >= 4 is 39.6 Å². The third kappa shape index (κ3) is 6.41. The molecular weight excluding hydrogens is 673 g/mol. The molecule has 2 amide bonds. The summed E-state index contributed by atoms with van der Waals surface area (Å²) in [4.78, 5) is 51.3. The molecule has 51 heavy (non-hydrogen) atoms. The maximum Gasteiger partial charge on any atom is 0.352 e. The van der Waals surface area contributed by atoms with Crippen molar-refractivity contribution in [2.45, 2.75) is 24.8 Å². The number of allylic oxidation sites excluding steroid dienone is 1. The molecule has 4 aliphatic rings. The van der Waals surface area contributed by atoms with Gasteiger partial charge in [-0.2, -0.15) is 0 Å². The molecule has 12 heteroatoms. The Hall–Kier alpha value is -6.01. The SMILES string of the molecule is COc1ccc(-c2c3ccc(=O)cc-3oc3cc(OCC=CC4=C(C(=O)O)N5C(=O)C(NC(=O)Cc6ccccc6)C5S(=O)C4)ccc23)c(C)c1. The number of nitrogens with zero attached hydrogens (tertiary/aromatic N) is 1. The Bertz CT molecular complexity index is 2330. The van der Waals surface area contributed by atoms with Gasteiger partial charge in [-0.15, -0.1) is 0 Å². The van der Waals surface area contributed by atoms with Gasteiger partial charge < -0.3 is 24.3 Å². The first-order valence-corrected chi connectivity index (χ1v) is 17.5. The van der Waals surface area contributed by atoms with Crippen molar-refractivity contribution in [1.82, 2.24) is 10.2 Å². The number of aryl methyl sites for hydroxylation is 1. The molecule has 1 aliphatic carbocycles. The summed E-state index contributed by atoms with van der Waals surface area (Å²) in [6.45, 7) is 2.01. The van der Waals surface area contributed by atoms with E-state index in [2.05, 4.69) is 5.32 Å². The summed E-state index contributed by atoms with van der Waals surface area (Å²) < 4.78 is 30.8. The van der Waals surface area contributed by atoms with E-state index in [-0.39, 0.29) is 35.5 Å². The van der Waals surface area contributed by atoms with Crippen LogP contribution in [-0.4, -0.2) is 62.9 Å². The van der Waals surface area contributed by atoms with Crippen LogP contribution in [0.2, 0.25) is 0 Å². The Kier molecular flexibility index (Phi) is 9.01. The summed E-state index contributed by atoms with van der Waals surface area (Å²) in [6, 6.07) is 23.8. The second kappa shape index (κ2) is 13.7. The Morgan fingerprint density at radius 1 is 1.00 bits per heavy atom. The lowest BCUT2D eigenvalue weighted by Crippen LogP contribution is -2.73. The number of amides is 2. The average molecular weight is 705 g/mol. The van der Waals surface area contributed by atoms with Crippen LogP contribution in [0.3, 0.4) is 0 Å². The number of carboxylic acid groups (broad SMARTS) is 1. The van der Waals surface area contributed by atoms with Gasteiger partial charge in [0.05, 0.1) is 30.1 Å². The number of aliphatic carboxylic acids is 1. The number of β-lactam (4-membered cyclic amide) rings is 1. The summed E-state index contributed by atoms with van der Waals surface area (Å²) in [7, 11) is -0.0555. The lowest BCUT2D eigenvalue weighted by Gasteiger charge is -2.48. The van der Waals surface area contributed by atoms with Crippen molar-refractivity contribution < 1.29 is 37.6 Å². The monoisotopic (exact) mass is 704 g/mol. The molecule has 0 bridgehead atoms. The minimum atomic E-state index is -1.67. The third-order valence-corrected chi connectivity index (χ3v) is 10.5. The number of fused-ring (bicyclic) bond motifs is 3. The van der Waals surface area contributed by atoms with Gasteiger partial charge in [-0.3, -0.25) is 23.5 Å². The molecule has 258 valence electrons. The molecular formula is C39H32N2O9S. The average Bonchev–Trinajstić information content (AvgIpc) is 3.11. The Morgan fingerprint density at radius 3 is 2.51 bits per heavy atom. The number of carbonyl (C=O) groups excluding carboxylic acids is 2. The highest BCUT2D eigenvalue weighted by molar-refractivity contribution is 7.86. The van der Waals surface area contributed by atoms with Crippen molar-refractivity contribution in [2.24, 2.45) is 0 Å². The summed E-state index contributed by atoms with van der Waals surface area (Å²) >= 11 is 0. The predicted octanol–water partition coefficient (Wildman–Crippen LogP) is 4.81. The van der Waals surface area contributed by atoms with E-state index in [1.165, 1.54) is 18.2 Å². The minimum absolute atomic E-state index is 0.0207. The molecule has 3 aromatic rings. The van der Waals surface area contributed by atoms with Gasteiger partial charge in [0.15, 0.2) is 5.43 Å². The maximum absolute atomic E-state index is 13.2. The number of nitrogens with one attached hydrogen (secondary N) is 1. The van der Waals surface area contributed by atoms with E-state index in [1.807, 2.05) is 37.3 Å². The molecule has 3 unspecified atom stereocenters. The number of methoxy groups -OCH3 is 1. The lowest BCUT2D eigenvalue weighted by atomic mass is 9.91. The van der Waals surface area contributed by atoms with Crippen molar-refractivity contribution in [2.75, 3.05) is 19.5 Å². The van der Waals surface area contributed by atoms with Gasteiger partial charge >= 0.3 is 5.97 Å². The molecule has 3 atom stereocenters. The van der Waals surface area contributed by atoms with E-state index in [0.29, 0.717) is 17.1 Å². The van der Waals surface area contributed by atoms with Crippen LogP contribution in [0.4, 0.5) is 0 Å². The third-order valence-electron chi connectivity index (χ3n) is 8.91. The van der Waals surface area contributed by atoms with Crippen LogP contribution < -0.4 is 20.2 Å². The number of ether oxygens (including phenoxy) is 2. The van der Waals surface area contributed by atoms with Gasteiger partial charge in [0.1, 0.15) is 46.6 Å². The van der Waals surface area contributed by atoms with Crippen LogP contribution >= 0.6 is 0 Å². The molecule has 0 saturated carbocycles. The molecule has 7 rings (SSSR count). The molecule has 3 heterocycles. The summed E-state index contributed by atoms with van der Waals surface area (Å²) in [5, 5.41) is 12.5. The van der Waals surface area contributed by atoms with Gasteiger partial charge in [0.25, 0.3) is 5.91 Å². The smallest absolute Gasteiger partial charge is 0.352 e. The highest BCUT2D eigenvalue weighted by Crippen LogP contribution is 2.42. The summed E-state index contributed by atoms with van der Waals surface area (Å²) in [5.41, 5.74) is 4.60. The number of hydrogen-bond acceptors (Lipinski definition) is 8. The standard InChI is InChI=1S/C39H32N2O9S/c1-22-17-26(48-2)11-14-28(22)34-29-13-10-25(42)19-31(29)50-32-20-27(12-15-30(32)34)49-16-6-9-24-21-51(47)38-35(37(44)41(38)36(24)39(45)46)40-33(43)18-23-7-4-3-5-8-23/h3-15,17,19-20,35,38H,16,18,21H2,1-2H3,(H,40,43)(H,45,46). The number of hydrogen-bond donors (Lipinski definition) is 2. The van der Waals surface area contributed by atoms with Crippen molar-refractivity contribution in [1.29, 1.82) is 0 Å². The van der Waals surface area contributed by atoms with E-state index < -0.39 is 40.0 Å². The minimum Gasteiger partial charge on any atom is -0.497 e. The van der Waals surface area contributed by atoms with Gasteiger partial charge in [0, 0.05) is 28.6 Å². The van der Waals surface area contributed by atoms with E-state index >= 15 is 0 Å². The Labute approximate surface area is 294 Å². The predicted molar refractivity (Wildman–Crippen MR) is 191 cm³/mol. The molecule has 0 spiro atoms. The van der Waals surface area contributed by atoms with E-state index in [1.54, 1.807) is 55.7 Å². The fourth-order valence-electron chi connectivity index (χ4n) is 6.55. The molecule has 11 nitrogen and oxygen atoms in total. The highest BCUT2D eigenvalue weighted by atomic mass is 32.2. The van der Waals surface area contributed by atoms with Crippen LogP contribution in [0.1, 0.15) is 11.1 Å². The first-order chi connectivity index (χ1) is 24.6. The fourth-order valence-corrected chi connectivity index (χ4v) is 8.19. The molecule has 3 aromatic carbocycles. The van der Waals surface area contributed by atoms with Crippen LogP contribution in [0.25, 0.3) is 33.4 Å². The van der Waals surface area contributed by atoms with Crippen molar-refractivity contribution in [3.8, 4) is 33.9 Å². The van der Waals surface area contributed by atoms with Gasteiger partial charge in [-0.25, -0.2) is 4.79 Å². The van der Waals surface area contributed by atoms with Crippen LogP contribution in [0.15, 0.2) is 118 Å². The topological polar surface area (TPSA) is 152 Å². The number of rotatable bonds is 10. The molecule has 0 radical (unpaired) electrons. The Balaban J connectivity index is 1.10. The normalized spacial score (nSPS) is 18.5. The zero-order chi connectivity index (χ0) is 35.8. The zero-order valence-corrected chi connectivity index (χ0v) is 28.4. The van der Waals surface area contributed by atoms with E-state index in [4.69, 9.17) is 13.9 Å². The second-order valence-corrected chi connectivity index (χ2v) is 13.7. The van der Waals surface area contributed by atoms with Crippen molar-refractivity contribution in [3.05, 3.63) is 130 Å². The number of benzene rings is 4. The fraction of sp³-hybridized carbons (Fsp3) is 0.179. The quantitative estimate of drug-likeness (QED) is 0.154. The number of carboxylic acids is 1. The molecule has 3 aliphatic heterocycles. The largest absolute Gasteiger partial charge is 0.497 e. The van der Waals surface area contributed by atoms with E-state index in [9.17, 15) is 28.5 Å². The first kappa shape index (κ1) is 33.5. The molecule has 1 fully saturated rings. The van der Waals surface area contributed by atoms with Crippen molar-refractivity contribution in [3.63, 3.8) is 0 Å². The molecule has 2 N–H and O–H groups in total. The summed E-state index contributed by atoms with van der Waals surface area (Å²) in [6.07, 6.45) is 3.11.